The number of benzene rings is 2. The van der Waals surface area contributed by atoms with E-state index in [4.69, 9.17) is 4.74 Å². The van der Waals surface area contributed by atoms with Gasteiger partial charge in [0.05, 0.1) is 11.4 Å². The van der Waals surface area contributed by atoms with Gasteiger partial charge in [0.25, 0.3) is 5.91 Å². The number of ketones is 1. The van der Waals surface area contributed by atoms with Gasteiger partial charge in [-0.25, -0.2) is 4.68 Å². The van der Waals surface area contributed by atoms with Crippen molar-refractivity contribution in [2.75, 3.05) is 5.32 Å². The molecule has 0 fully saturated rings. The largest absolute Gasteiger partial charge is 0.464 e. The topological polar surface area (TPSA) is 86.1 Å². The summed E-state index contributed by atoms with van der Waals surface area (Å²) in [6.45, 7) is 7.06. The van der Waals surface area contributed by atoms with Crippen LogP contribution in [0.5, 0.6) is 5.88 Å². The van der Waals surface area contributed by atoms with E-state index in [0.717, 1.165) is 22.3 Å². The number of Topliss-reactive ketones (excluding diaryl/α,β-unsaturated/α-hetero) is 1. The van der Waals surface area contributed by atoms with E-state index in [0.29, 0.717) is 22.8 Å². The summed E-state index contributed by atoms with van der Waals surface area (Å²) in [5.41, 5.74) is 4.47. The molecule has 0 saturated carbocycles. The van der Waals surface area contributed by atoms with Gasteiger partial charge in [0.2, 0.25) is 5.88 Å². The fourth-order valence-electron chi connectivity index (χ4n) is 3.58. The number of fused-ring (bicyclic) bond motifs is 1. The first-order valence-corrected chi connectivity index (χ1v) is 10.3. The van der Waals surface area contributed by atoms with E-state index in [9.17, 15) is 9.59 Å². The number of anilines is 1. The molecular weight excluding hydrogens is 404 g/mol. The summed E-state index contributed by atoms with van der Waals surface area (Å²) in [5, 5.41) is 8.39. The molecule has 1 unspecified atom stereocenters. The number of aryl methyl sites for hydroxylation is 2. The van der Waals surface area contributed by atoms with Crippen LogP contribution in [0.4, 0.5) is 5.69 Å². The van der Waals surface area contributed by atoms with Crippen LogP contribution in [0.15, 0.2) is 60.7 Å². The average molecular weight is 428 g/mol. The van der Waals surface area contributed by atoms with Gasteiger partial charge in [0.15, 0.2) is 17.5 Å². The zero-order chi connectivity index (χ0) is 22.8. The lowest BCUT2D eigenvalue weighted by molar-refractivity contribution is -0.122. The molecule has 0 saturated heterocycles. The van der Waals surface area contributed by atoms with Gasteiger partial charge < -0.3 is 10.1 Å². The highest BCUT2D eigenvalue weighted by Gasteiger charge is 2.19. The average Bonchev–Trinajstić information content (AvgIpc) is 3.11. The smallest absolute Gasteiger partial charge is 0.265 e. The number of hydrogen-bond donors (Lipinski definition) is 1. The van der Waals surface area contributed by atoms with Crippen LogP contribution in [0, 0.1) is 13.8 Å². The molecule has 0 aliphatic carbocycles. The minimum absolute atomic E-state index is 0.0660. The Morgan fingerprint density at radius 3 is 2.50 bits per heavy atom. The maximum Gasteiger partial charge on any atom is 0.265 e. The van der Waals surface area contributed by atoms with Gasteiger partial charge >= 0.3 is 0 Å². The number of rotatable bonds is 6. The molecule has 1 atom stereocenters. The van der Waals surface area contributed by atoms with Crippen molar-refractivity contribution in [3.05, 3.63) is 77.5 Å². The molecule has 0 aliphatic heterocycles. The number of nitrogens with zero attached hydrogens (tertiary/aromatic N) is 3. The second kappa shape index (κ2) is 8.63. The molecule has 2 aromatic heterocycles. The van der Waals surface area contributed by atoms with Crippen molar-refractivity contribution in [1.82, 2.24) is 14.8 Å². The van der Waals surface area contributed by atoms with E-state index in [-0.39, 0.29) is 11.7 Å². The van der Waals surface area contributed by atoms with Gasteiger partial charge in [-0.15, -0.1) is 0 Å². The monoisotopic (exact) mass is 428 g/mol. The highest BCUT2D eigenvalue weighted by atomic mass is 16.5. The molecule has 2 heterocycles. The van der Waals surface area contributed by atoms with Gasteiger partial charge in [-0.05, 0) is 57.5 Å². The number of amides is 1. The first kappa shape index (κ1) is 21.2. The fraction of sp³-hybridized carbons (Fsp3) is 0.200. The molecule has 4 aromatic rings. The molecule has 1 N–H and O–H groups in total. The minimum atomic E-state index is -0.797. The summed E-state index contributed by atoms with van der Waals surface area (Å²) in [6.07, 6.45) is -0.797. The number of aromatic nitrogens is 3. The van der Waals surface area contributed by atoms with E-state index in [1.54, 1.807) is 35.9 Å². The molecule has 162 valence electrons. The van der Waals surface area contributed by atoms with Gasteiger partial charge in [-0.2, -0.15) is 10.1 Å². The van der Waals surface area contributed by atoms with Crippen molar-refractivity contribution < 1.29 is 14.3 Å². The SMILES string of the molecule is CC(=O)c1cccc(NC(=O)C(C)Oc2cc(C)c3c(C)nn(-c4ccccc4)c3n2)c1. The third kappa shape index (κ3) is 4.23. The van der Waals surface area contributed by atoms with E-state index in [1.807, 2.05) is 50.2 Å². The number of ether oxygens (including phenoxy) is 1. The number of nitrogens with one attached hydrogen (secondary N) is 1. The van der Waals surface area contributed by atoms with Crippen LogP contribution in [0.3, 0.4) is 0 Å². The van der Waals surface area contributed by atoms with E-state index < -0.39 is 6.10 Å². The van der Waals surface area contributed by atoms with E-state index in [1.165, 1.54) is 6.92 Å². The van der Waals surface area contributed by atoms with Crippen molar-refractivity contribution in [2.45, 2.75) is 33.8 Å². The van der Waals surface area contributed by atoms with E-state index >= 15 is 0 Å². The fourth-order valence-corrected chi connectivity index (χ4v) is 3.58. The van der Waals surface area contributed by atoms with Crippen LogP contribution >= 0.6 is 0 Å². The van der Waals surface area contributed by atoms with Crippen LogP contribution in [0.25, 0.3) is 16.7 Å². The van der Waals surface area contributed by atoms with Crippen molar-refractivity contribution in [1.29, 1.82) is 0 Å². The number of para-hydroxylation sites is 1. The van der Waals surface area contributed by atoms with Gasteiger partial charge in [0, 0.05) is 22.7 Å². The summed E-state index contributed by atoms with van der Waals surface area (Å²) in [5.74, 6) is -0.0612. The summed E-state index contributed by atoms with van der Waals surface area (Å²) >= 11 is 0. The Kier molecular flexibility index (Phi) is 5.73. The Morgan fingerprint density at radius 1 is 1.03 bits per heavy atom. The normalized spacial score (nSPS) is 11.9. The predicted molar refractivity (Wildman–Crippen MR) is 124 cm³/mol. The Balaban J connectivity index is 1.59. The van der Waals surface area contributed by atoms with Crippen LogP contribution < -0.4 is 10.1 Å². The zero-order valence-corrected chi connectivity index (χ0v) is 18.4. The van der Waals surface area contributed by atoms with Gasteiger partial charge in [0.1, 0.15) is 0 Å². The molecule has 7 nitrogen and oxygen atoms in total. The van der Waals surface area contributed by atoms with Crippen molar-refractivity contribution >= 4 is 28.4 Å². The van der Waals surface area contributed by atoms with Crippen LogP contribution in [-0.4, -0.2) is 32.6 Å². The minimum Gasteiger partial charge on any atom is -0.464 e. The molecule has 7 heteroatoms. The molecule has 2 aromatic carbocycles. The molecule has 0 spiro atoms. The predicted octanol–water partition coefficient (Wildman–Crippen LogP) is 4.65. The maximum atomic E-state index is 12.7. The van der Waals surface area contributed by atoms with Crippen LogP contribution in [0.2, 0.25) is 0 Å². The first-order chi connectivity index (χ1) is 15.3. The van der Waals surface area contributed by atoms with Crippen molar-refractivity contribution in [3.63, 3.8) is 0 Å². The van der Waals surface area contributed by atoms with Crippen LogP contribution in [0.1, 0.15) is 35.5 Å². The first-order valence-electron chi connectivity index (χ1n) is 10.3. The van der Waals surface area contributed by atoms with Gasteiger partial charge in [-0.3, -0.25) is 9.59 Å². The highest BCUT2D eigenvalue weighted by molar-refractivity contribution is 5.98. The van der Waals surface area contributed by atoms with Crippen molar-refractivity contribution in [3.8, 4) is 11.6 Å². The lowest BCUT2D eigenvalue weighted by Gasteiger charge is -2.15. The molecule has 0 aliphatic rings. The molecular formula is C25H24N4O3. The Bertz CT molecular complexity index is 1310. The standard InChI is InChI=1S/C25H24N4O3/c1-15-13-22(27-24-23(15)16(2)28-29(24)21-11-6-5-7-12-21)32-18(4)25(31)26-20-10-8-9-19(14-20)17(3)30/h5-14,18H,1-4H3,(H,26,31). The summed E-state index contributed by atoms with van der Waals surface area (Å²) in [6, 6.07) is 18.4. The molecule has 1 amide bonds. The molecule has 32 heavy (non-hydrogen) atoms. The zero-order valence-electron chi connectivity index (χ0n) is 18.4. The van der Waals surface area contributed by atoms with E-state index in [2.05, 4.69) is 15.4 Å². The maximum absolute atomic E-state index is 12.7. The molecule has 4 rings (SSSR count). The summed E-state index contributed by atoms with van der Waals surface area (Å²) < 4.78 is 7.66. The quantitative estimate of drug-likeness (QED) is 0.452. The lowest BCUT2D eigenvalue weighted by Crippen LogP contribution is -2.30. The van der Waals surface area contributed by atoms with Crippen molar-refractivity contribution in [2.24, 2.45) is 0 Å². The van der Waals surface area contributed by atoms with Gasteiger partial charge in [-0.1, -0.05) is 30.3 Å². The Morgan fingerprint density at radius 2 is 1.78 bits per heavy atom. The number of carbonyl (C=O) groups excluding carboxylic acids is 2. The summed E-state index contributed by atoms with van der Waals surface area (Å²) in [7, 11) is 0. The number of hydrogen-bond acceptors (Lipinski definition) is 5. The third-order valence-corrected chi connectivity index (χ3v) is 5.19. The second-order valence-electron chi connectivity index (χ2n) is 7.70. The summed E-state index contributed by atoms with van der Waals surface area (Å²) in [4.78, 5) is 28.9. The van der Waals surface area contributed by atoms with Crippen LogP contribution in [-0.2, 0) is 4.79 Å². The number of pyridine rings is 1. The molecule has 0 bridgehead atoms. The highest BCUT2D eigenvalue weighted by Crippen LogP contribution is 2.27. The number of carbonyl (C=O) groups is 2. The second-order valence-corrected chi connectivity index (χ2v) is 7.70. The molecule has 0 radical (unpaired) electrons. The Hall–Kier alpha value is -4.00. The third-order valence-electron chi connectivity index (χ3n) is 5.19. The Labute approximate surface area is 186 Å². The lowest BCUT2D eigenvalue weighted by atomic mass is 10.1.